The minimum Gasteiger partial charge on any atom is -0.372 e. The van der Waals surface area contributed by atoms with E-state index in [-0.39, 0.29) is 6.61 Å². The molecule has 0 bridgehead atoms. The summed E-state index contributed by atoms with van der Waals surface area (Å²) in [7, 11) is 1.91. The molecular weight excluding hydrogens is 257 g/mol. The predicted octanol–water partition coefficient (Wildman–Crippen LogP) is 3.13. The zero-order valence-electron chi connectivity index (χ0n) is 11.3. The molecule has 1 heterocycles. The van der Waals surface area contributed by atoms with E-state index < -0.39 is 12.8 Å². The van der Waals surface area contributed by atoms with Gasteiger partial charge in [0, 0.05) is 31.6 Å². The number of rotatable bonds is 8. The Labute approximate surface area is 111 Å². The van der Waals surface area contributed by atoms with Gasteiger partial charge in [0.05, 0.1) is 0 Å². The maximum atomic E-state index is 11.8. The van der Waals surface area contributed by atoms with E-state index in [1.165, 1.54) is 5.56 Å². The molecule has 0 saturated carbocycles. The number of aromatic nitrogens is 1. The normalized spacial score (nSPS) is 13.7. The molecule has 1 atom stereocenters. The number of nitrogens with one attached hydrogen (secondary N) is 1. The molecule has 0 aliphatic carbocycles. The fraction of sp³-hybridized carbons (Fsp3) is 0.692. The van der Waals surface area contributed by atoms with Crippen molar-refractivity contribution >= 4 is 0 Å². The summed E-state index contributed by atoms with van der Waals surface area (Å²) in [5, 5.41) is 3.21. The summed E-state index contributed by atoms with van der Waals surface area (Å²) in [6.45, 7) is 1.72. The van der Waals surface area contributed by atoms with Crippen molar-refractivity contribution < 1.29 is 17.9 Å². The van der Waals surface area contributed by atoms with E-state index in [4.69, 9.17) is 0 Å². The molecule has 1 N–H and O–H groups in total. The van der Waals surface area contributed by atoms with Crippen LogP contribution in [0.1, 0.15) is 31.4 Å². The summed E-state index contributed by atoms with van der Waals surface area (Å²) in [5.41, 5.74) is 1.20. The van der Waals surface area contributed by atoms with E-state index in [0.717, 1.165) is 6.42 Å². The van der Waals surface area contributed by atoms with Gasteiger partial charge in [-0.3, -0.25) is 0 Å². The van der Waals surface area contributed by atoms with Crippen molar-refractivity contribution in [2.45, 2.75) is 38.5 Å². The fourth-order valence-electron chi connectivity index (χ4n) is 1.95. The number of ether oxygens (including phenoxy) is 1. The van der Waals surface area contributed by atoms with Gasteiger partial charge < -0.3 is 14.6 Å². The van der Waals surface area contributed by atoms with E-state index in [1.807, 2.05) is 30.1 Å². The molecule has 0 aliphatic rings. The first-order chi connectivity index (χ1) is 8.96. The Kier molecular flexibility index (Phi) is 6.37. The molecule has 0 amide bonds. The maximum absolute atomic E-state index is 11.8. The Hall–Kier alpha value is -1.01. The molecule has 6 heteroatoms. The van der Waals surface area contributed by atoms with Gasteiger partial charge in [-0.15, -0.1) is 0 Å². The average Bonchev–Trinajstić information content (AvgIpc) is 2.77. The third kappa shape index (κ3) is 6.11. The first kappa shape index (κ1) is 16.0. The summed E-state index contributed by atoms with van der Waals surface area (Å²) in [5.74, 6) is 0. The summed E-state index contributed by atoms with van der Waals surface area (Å²) in [4.78, 5) is 0. The lowest BCUT2D eigenvalue weighted by Crippen LogP contribution is -2.17. The number of hydrogen-bond donors (Lipinski definition) is 1. The molecule has 0 saturated heterocycles. The largest absolute Gasteiger partial charge is 0.411 e. The van der Waals surface area contributed by atoms with Gasteiger partial charge in [0.2, 0.25) is 0 Å². The van der Waals surface area contributed by atoms with Crippen molar-refractivity contribution in [1.82, 2.24) is 9.88 Å². The van der Waals surface area contributed by atoms with Crippen LogP contribution in [0.4, 0.5) is 13.2 Å². The Bertz CT molecular complexity index is 359. The van der Waals surface area contributed by atoms with Crippen LogP contribution in [0.2, 0.25) is 0 Å². The summed E-state index contributed by atoms with van der Waals surface area (Å²) >= 11 is 0. The van der Waals surface area contributed by atoms with E-state index in [0.29, 0.717) is 19.0 Å². The topological polar surface area (TPSA) is 26.2 Å². The van der Waals surface area contributed by atoms with Crippen molar-refractivity contribution in [3.8, 4) is 0 Å². The zero-order chi connectivity index (χ0) is 14.3. The molecule has 1 rings (SSSR count). The number of aryl methyl sites for hydroxylation is 1. The van der Waals surface area contributed by atoms with Gasteiger partial charge >= 0.3 is 6.18 Å². The van der Waals surface area contributed by atoms with Crippen LogP contribution >= 0.6 is 0 Å². The molecule has 110 valence electrons. The van der Waals surface area contributed by atoms with Crippen molar-refractivity contribution in [3.05, 3.63) is 24.0 Å². The Morgan fingerprint density at radius 1 is 1.42 bits per heavy atom. The zero-order valence-corrected chi connectivity index (χ0v) is 11.3. The smallest absolute Gasteiger partial charge is 0.372 e. The highest BCUT2D eigenvalue weighted by Gasteiger charge is 2.27. The Morgan fingerprint density at radius 2 is 2.16 bits per heavy atom. The van der Waals surface area contributed by atoms with E-state index in [9.17, 15) is 13.2 Å². The van der Waals surface area contributed by atoms with Crippen molar-refractivity contribution in [2.75, 3.05) is 20.3 Å². The third-order valence-corrected chi connectivity index (χ3v) is 2.90. The van der Waals surface area contributed by atoms with Crippen molar-refractivity contribution in [2.24, 2.45) is 0 Å². The maximum Gasteiger partial charge on any atom is 0.411 e. The van der Waals surface area contributed by atoms with Crippen LogP contribution < -0.4 is 5.32 Å². The highest BCUT2D eigenvalue weighted by molar-refractivity contribution is 5.15. The number of halogens is 3. The molecule has 0 aliphatic heterocycles. The summed E-state index contributed by atoms with van der Waals surface area (Å²) in [6, 6.07) is 2.35. The van der Waals surface area contributed by atoms with Crippen LogP contribution in [0.15, 0.2) is 18.5 Å². The Morgan fingerprint density at radius 3 is 2.74 bits per heavy atom. The van der Waals surface area contributed by atoms with Crippen LogP contribution in [0.3, 0.4) is 0 Å². The fourth-order valence-corrected chi connectivity index (χ4v) is 1.95. The minimum absolute atomic E-state index is 0.121. The lowest BCUT2D eigenvalue weighted by molar-refractivity contribution is -0.174. The van der Waals surface area contributed by atoms with Crippen LogP contribution in [-0.4, -0.2) is 31.0 Å². The molecule has 0 spiro atoms. The highest BCUT2D eigenvalue weighted by atomic mass is 19.4. The van der Waals surface area contributed by atoms with Crippen LogP contribution in [0.25, 0.3) is 0 Å². The first-order valence-corrected chi connectivity index (χ1v) is 6.43. The monoisotopic (exact) mass is 278 g/mol. The molecule has 1 unspecified atom stereocenters. The van der Waals surface area contributed by atoms with E-state index in [2.05, 4.69) is 17.0 Å². The quantitative estimate of drug-likeness (QED) is 0.739. The lowest BCUT2D eigenvalue weighted by Gasteiger charge is -2.11. The van der Waals surface area contributed by atoms with Gasteiger partial charge in [-0.2, -0.15) is 13.2 Å². The van der Waals surface area contributed by atoms with Gasteiger partial charge in [0.1, 0.15) is 6.61 Å². The van der Waals surface area contributed by atoms with Gasteiger partial charge in [0.25, 0.3) is 0 Å². The minimum atomic E-state index is -4.23. The molecule has 19 heavy (non-hydrogen) atoms. The molecule has 1 aromatic rings. The molecule has 3 nitrogen and oxygen atoms in total. The average molecular weight is 278 g/mol. The predicted molar refractivity (Wildman–Crippen MR) is 68.0 cm³/mol. The number of alkyl halides is 3. The standard InChI is InChI=1S/C13H21F3N2O/c1-3-12(17-2)11-5-7-18(9-11)6-4-8-19-10-13(14,15)16/h5,7,9,12,17H,3-4,6,8,10H2,1-2H3. The van der Waals surface area contributed by atoms with Gasteiger partial charge in [0.15, 0.2) is 0 Å². The summed E-state index contributed by atoms with van der Waals surface area (Å²) in [6.07, 6.45) is 1.30. The van der Waals surface area contributed by atoms with Crippen LogP contribution in [-0.2, 0) is 11.3 Å². The van der Waals surface area contributed by atoms with Crippen LogP contribution in [0, 0.1) is 0 Å². The second-order valence-electron chi connectivity index (χ2n) is 4.45. The van der Waals surface area contributed by atoms with Gasteiger partial charge in [-0.1, -0.05) is 6.92 Å². The molecule has 0 radical (unpaired) electrons. The molecular formula is C13H21F3N2O. The summed E-state index contributed by atoms with van der Waals surface area (Å²) < 4.78 is 42.1. The second-order valence-corrected chi connectivity index (χ2v) is 4.45. The van der Waals surface area contributed by atoms with Crippen molar-refractivity contribution in [1.29, 1.82) is 0 Å². The molecule has 0 fully saturated rings. The first-order valence-electron chi connectivity index (χ1n) is 6.43. The molecule has 1 aromatic heterocycles. The van der Waals surface area contributed by atoms with E-state index in [1.54, 1.807) is 0 Å². The number of hydrogen-bond acceptors (Lipinski definition) is 2. The highest BCUT2D eigenvalue weighted by Crippen LogP contribution is 2.17. The number of nitrogens with zero attached hydrogens (tertiary/aromatic N) is 1. The molecule has 0 aromatic carbocycles. The van der Waals surface area contributed by atoms with E-state index >= 15 is 0 Å². The Balaban J connectivity index is 2.27. The third-order valence-electron chi connectivity index (χ3n) is 2.90. The second kappa shape index (κ2) is 7.55. The van der Waals surface area contributed by atoms with Crippen LogP contribution in [0.5, 0.6) is 0 Å². The van der Waals surface area contributed by atoms with Gasteiger partial charge in [-0.25, -0.2) is 0 Å². The lowest BCUT2D eigenvalue weighted by atomic mass is 10.1. The van der Waals surface area contributed by atoms with Gasteiger partial charge in [-0.05, 0) is 31.5 Å². The van der Waals surface area contributed by atoms with Crippen molar-refractivity contribution in [3.63, 3.8) is 0 Å². The SMILES string of the molecule is CCC(NC)c1ccn(CCCOCC(F)(F)F)c1.